The fourth-order valence-electron chi connectivity index (χ4n) is 2.54. The van der Waals surface area contributed by atoms with E-state index in [2.05, 4.69) is 9.71 Å². The maximum absolute atomic E-state index is 13.4. The molecule has 0 saturated carbocycles. The molecule has 0 fully saturated rings. The molecule has 30 heavy (non-hydrogen) atoms. The maximum Gasteiger partial charge on any atom is 0.273 e. The van der Waals surface area contributed by atoms with E-state index in [-0.39, 0.29) is 34.5 Å². The summed E-state index contributed by atoms with van der Waals surface area (Å²) in [4.78, 5) is 14.0. The van der Waals surface area contributed by atoms with Crippen molar-refractivity contribution in [2.45, 2.75) is 11.4 Å². The van der Waals surface area contributed by atoms with Crippen molar-refractivity contribution in [3.8, 4) is 17.4 Å². The average molecular weight is 433 g/mol. The van der Waals surface area contributed by atoms with Gasteiger partial charge in [-0.2, -0.15) is 0 Å². The lowest BCUT2D eigenvalue weighted by Crippen LogP contribution is -2.24. The number of nitro benzene ring substituents is 1. The number of halogens is 1. The molecule has 0 atom stereocenters. The van der Waals surface area contributed by atoms with E-state index >= 15 is 0 Å². The third-order valence-electron chi connectivity index (χ3n) is 3.96. The Hall–Kier alpha value is -3.57. The van der Waals surface area contributed by atoms with Crippen molar-refractivity contribution in [1.82, 2.24) is 9.71 Å². The van der Waals surface area contributed by atoms with E-state index in [0.29, 0.717) is 5.56 Å². The molecule has 0 saturated heterocycles. The highest BCUT2D eigenvalue weighted by Gasteiger charge is 2.22. The first-order chi connectivity index (χ1) is 14.3. The number of rotatable bonds is 8. The van der Waals surface area contributed by atoms with Crippen LogP contribution in [0.1, 0.15) is 5.56 Å². The van der Waals surface area contributed by atoms with Crippen LogP contribution in [0.3, 0.4) is 0 Å². The minimum Gasteiger partial charge on any atom is -0.495 e. The summed E-state index contributed by atoms with van der Waals surface area (Å²) in [6, 6.07) is 11.8. The standard InChI is InChI=1S/C19H16FN3O6S/c1-28-17-11-15(23(24)25)7-8-18(17)30(26,27)22-12-13-4-3-9-21-19(13)29-16-6-2-5-14(20)10-16/h2-11,22H,12H2,1H3. The van der Waals surface area contributed by atoms with E-state index in [1.54, 1.807) is 12.1 Å². The van der Waals surface area contributed by atoms with Gasteiger partial charge in [0.05, 0.1) is 18.1 Å². The molecule has 0 aliphatic carbocycles. The quantitative estimate of drug-likeness (QED) is 0.427. The highest BCUT2D eigenvalue weighted by Crippen LogP contribution is 2.29. The third-order valence-corrected chi connectivity index (χ3v) is 5.40. The molecule has 0 spiro atoms. The van der Waals surface area contributed by atoms with Crippen molar-refractivity contribution < 1.29 is 27.2 Å². The Bertz CT molecular complexity index is 1190. The van der Waals surface area contributed by atoms with Gasteiger partial charge in [0.2, 0.25) is 15.9 Å². The Morgan fingerprint density at radius 3 is 2.67 bits per heavy atom. The summed E-state index contributed by atoms with van der Waals surface area (Å²) < 4.78 is 51.7. The van der Waals surface area contributed by atoms with E-state index in [0.717, 1.165) is 18.2 Å². The lowest BCUT2D eigenvalue weighted by molar-refractivity contribution is -0.385. The van der Waals surface area contributed by atoms with E-state index in [1.165, 1.54) is 37.6 Å². The Balaban J connectivity index is 1.82. The molecule has 0 bridgehead atoms. The van der Waals surface area contributed by atoms with Crippen molar-refractivity contribution >= 4 is 15.7 Å². The van der Waals surface area contributed by atoms with Gasteiger partial charge in [0.25, 0.3) is 5.69 Å². The van der Waals surface area contributed by atoms with Crippen molar-refractivity contribution in [2.24, 2.45) is 0 Å². The lowest BCUT2D eigenvalue weighted by Gasteiger charge is -2.13. The molecule has 0 unspecified atom stereocenters. The summed E-state index contributed by atoms with van der Waals surface area (Å²) in [7, 11) is -2.87. The Kier molecular flexibility index (Phi) is 6.23. The molecule has 0 amide bonds. The van der Waals surface area contributed by atoms with Crippen LogP contribution in [0.25, 0.3) is 0 Å². The molecule has 0 aliphatic rings. The summed E-state index contributed by atoms with van der Waals surface area (Å²) in [6.07, 6.45) is 1.45. The molecule has 3 aromatic rings. The number of pyridine rings is 1. The molecule has 156 valence electrons. The molecule has 0 radical (unpaired) electrons. The van der Waals surface area contributed by atoms with Gasteiger partial charge in [-0.25, -0.2) is 22.5 Å². The first-order valence-electron chi connectivity index (χ1n) is 8.49. The molecule has 0 aliphatic heterocycles. The zero-order chi connectivity index (χ0) is 21.7. The van der Waals surface area contributed by atoms with Gasteiger partial charge < -0.3 is 9.47 Å². The van der Waals surface area contributed by atoms with Crippen molar-refractivity contribution in [3.05, 3.63) is 82.3 Å². The lowest BCUT2D eigenvalue weighted by atomic mass is 10.3. The first kappa shape index (κ1) is 21.1. The van der Waals surface area contributed by atoms with Crippen LogP contribution in [0, 0.1) is 15.9 Å². The zero-order valence-electron chi connectivity index (χ0n) is 15.6. The molecule has 1 heterocycles. The topological polar surface area (TPSA) is 121 Å². The fourth-order valence-corrected chi connectivity index (χ4v) is 3.69. The summed E-state index contributed by atoms with van der Waals surface area (Å²) in [5.74, 6) is -0.355. The molecule has 1 N–H and O–H groups in total. The summed E-state index contributed by atoms with van der Waals surface area (Å²) >= 11 is 0. The van der Waals surface area contributed by atoms with Gasteiger partial charge in [-0.15, -0.1) is 0 Å². The number of nitrogens with one attached hydrogen (secondary N) is 1. The fraction of sp³-hybridized carbons (Fsp3) is 0.105. The number of non-ortho nitro benzene ring substituents is 1. The van der Waals surface area contributed by atoms with E-state index < -0.39 is 20.8 Å². The van der Waals surface area contributed by atoms with E-state index in [4.69, 9.17) is 9.47 Å². The van der Waals surface area contributed by atoms with Gasteiger partial charge in [-0.1, -0.05) is 12.1 Å². The Labute approximate surface area is 171 Å². The minimum atomic E-state index is -4.08. The highest BCUT2D eigenvalue weighted by atomic mass is 32.2. The van der Waals surface area contributed by atoms with Gasteiger partial charge in [-0.3, -0.25) is 10.1 Å². The van der Waals surface area contributed by atoms with Crippen LogP contribution in [0.15, 0.2) is 65.7 Å². The number of aromatic nitrogens is 1. The molecular formula is C19H16FN3O6S. The molecular weight excluding hydrogens is 417 g/mol. The second kappa shape index (κ2) is 8.84. The number of hydrogen-bond acceptors (Lipinski definition) is 7. The first-order valence-corrected chi connectivity index (χ1v) is 9.98. The SMILES string of the molecule is COc1cc([N+](=O)[O-])ccc1S(=O)(=O)NCc1cccnc1Oc1cccc(F)c1. The summed E-state index contributed by atoms with van der Waals surface area (Å²) in [5, 5.41) is 10.9. The van der Waals surface area contributed by atoms with Gasteiger partial charge in [0.1, 0.15) is 22.2 Å². The smallest absolute Gasteiger partial charge is 0.273 e. The van der Waals surface area contributed by atoms with Crippen LogP contribution >= 0.6 is 0 Å². The molecule has 2 aromatic carbocycles. The van der Waals surface area contributed by atoms with Crippen LogP contribution in [0.4, 0.5) is 10.1 Å². The zero-order valence-corrected chi connectivity index (χ0v) is 16.4. The highest BCUT2D eigenvalue weighted by molar-refractivity contribution is 7.89. The van der Waals surface area contributed by atoms with Gasteiger partial charge in [0.15, 0.2) is 0 Å². The van der Waals surface area contributed by atoms with Gasteiger partial charge in [0, 0.05) is 30.4 Å². The molecule has 3 rings (SSSR count). The van der Waals surface area contributed by atoms with E-state index in [1.807, 2.05) is 0 Å². The van der Waals surface area contributed by atoms with Crippen LogP contribution in [0.2, 0.25) is 0 Å². The molecule has 9 nitrogen and oxygen atoms in total. The van der Waals surface area contributed by atoms with Crippen LogP contribution in [-0.4, -0.2) is 25.4 Å². The van der Waals surface area contributed by atoms with Crippen LogP contribution < -0.4 is 14.2 Å². The summed E-state index contributed by atoms with van der Waals surface area (Å²) in [6.45, 7) is -0.193. The normalized spacial score (nSPS) is 11.1. The second-order valence-corrected chi connectivity index (χ2v) is 7.68. The van der Waals surface area contributed by atoms with Crippen molar-refractivity contribution in [2.75, 3.05) is 7.11 Å². The van der Waals surface area contributed by atoms with Crippen LogP contribution in [0.5, 0.6) is 17.4 Å². The maximum atomic E-state index is 13.4. The Morgan fingerprint density at radius 1 is 1.17 bits per heavy atom. The number of benzene rings is 2. The summed E-state index contributed by atoms with van der Waals surface area (Å²) in [5.41, 5.74) is 0.0926. The Morgan fingerprint density at radius 2 is 1.97 bits per heavy atom. The predicted molar refractivity (Wildman–Crippen MR) is 104 cm³/mol. The number of sulfonamides is 1. The largest absolute Gasteiger partial charge is 0.495 e. The van der Waals surface area contributed by atoms with Crippen molar-refractivity contribution in [3.63, 3.8) is 0 Å². The number of hydrogen-bond donors (Lipinski definition) is 1. The van der Waals surface area contributed by atoms with Crippen LogP contribution in [-0.2, 0) is 16.6 Å². The predicted octanol–water partition coefficient (Wildman–Crippen LogP) is 3.41. The average Bonchev–Trinajstić information content (AvgIpc) is 2.72. The minimum absolute atomic E-state index is 0.0986. The van der Waals surface area contributed by atoms with Gasteiger partial charge >= 0.3 is 0 Å². The van der Waals surface area contributed by atoms with E-state index in [9.17, 15) is 22.9 Å². The number of nitrogens with zero attached hydrogens (tertiary/aromatic N) is 2. The molecule has 1 aromatic heterocycles. The van der Waals surface area contributed by atoms with Gasteiger partial charge in [-0.05, 0) is 24.3 Å². The van der Waals surface area contributed by atoms with Crippen molar-refractivity contribution in [1.29, 1.82) is 0 Å². The number of ether oxygens (including phenoxy) is 2. The molecule has 11 heteroatoms. The third kappa shape index (κ3) is 4.88. The number of nitro groups is 1. The monoisotopic (exact) mass is 433 g/mol. The number of methoxy groups -OCH3 is 1. The second-order valence-electron chi connectivity index (χ2n) is 5.94.